The van der Waals surface area contributed by atoms with Crippen molar-refractivity contribution in [2.45, 2.75) is 125 Å². The van der Waals surface area contributed by atoms with E-state index in [0.29, 0.717) is 44.8 Å². The van der Waals surface area contributed by atoms with Gasteiger partial charge in [0.05, 0.1) is 142 Å². The number of Topliss-reactive ketones (excluding diaryl/α,β-unsaturated/α-hetero) is 3. The van der Waals surface area contributed by atoms with Gasteiger partial charge in [0.15, 0.2) is 24.0 Å². The van der Waals surface area contributed by atoms with Gasteiger partial charge < -0.3 is 105 Å². The number of nitrogens with one attached hydrogen (secondary N) is 3. The second-order valence-corrected chi connectivity index (χ2v) is 27.4. The highest BCUT2D eigenvalue weighted by Gasteiger charge is 2.49. The molecule has 45 nitrogen and oxygen atoms in total. The van der Waals surface area contributed by atoms with Crippen molar-refractivity contribution in [3.05, 3.63) is 11.6 Å². The van der Waals surface area contributed by atoms with Crippen LogP contribution in [0.5, 0.6) is 0 Å². The van der Waals surface area contributed by atoms with Crippen molar-refractivity contribution >= 4 is 163 Å². The molecule has 0 aromatic rings. The van der Waals surface area contributed by atoms with Crippen LogP contribution in [0.4, 0.5) is 0 Å². The molecule has 3 aliphatic rings. The number of thioether (sulfide) groups is 2. The van der Waals surface area contributed by atoms with Gasteiger partial charge in [0, 0.05) is 61.0 Å². The van der Waals surface area contributed by atoms with Crippen LogP contribution in [0.3, 0.4) is 0 Å². The van der Waals surface area contributed by atoms with E-state index in [1.54, 1.807) is 20.8 Å². The van der Waals surface area contributed by atoms with Crippen molar-refractivity contribution < 1.29 is 173 Å². The molecule has 2 saturated heterocycles. The third kappa shape index (κ3) is 45.7. The first-order valence-corrected chi connectivity index (χ1v) is 38.2. The third-order valence-electron chi connectivity index (χ3n) is 15.8. The maximum atomic E-state index is 13.0. The summed E-state index contributed by atoms with van der Waals surface area (Å²) in [5, 5.41) is 32.9. The van der Waals surface area contributed by atoms with Gasteiger partial charge in [0.2, 0.25) is 41.4 Å². The molecular formula is C68H103N9O36S3. The quantitative estimate of drug-likeness (QED) is 0.00891. The minimum absolute atomic E-state index is 0.0121. The average molecular weight is 1720 g/mol. The minimum atomic E-state index is -1.28. The number of likely N-dealkylation sites (tertiary alicyclic amines) is 2. The average Bonchev–Trinajstić information content (AvgIpc) is 1.65. The van der Waals surface area contributed by atoms with Crippen LogP contribution < -0.4 is 33.2 Å². The highest BCUT2D eigenvalue weighted by molar-refractivity contribution is 8.01. The molecule has 0 radical (unpaired) electrons. The number of aliphatic carboxylic acids is 3. The molecule has 3 heterocycles. The van der Waals surface area contributed by atoms with Gasteiger partial charge >= 0.3 is 17.9 Å². The van der Waals surface area contributed by atoms with E-state index in [4.69, 9.17) is 60.9 Å². The van der Waals surface area contributed by atoms with Crippen molar-refractivity contribution in [3.8, 4) is 0 Å². The lowest BCUT2D eigenvalue weighted by molar-refractivity contribution is -0.141. The molecule has 0 spiro atoms. The summed E-state index contributed by atoms with van der Waals surface area (Å²) < 4.78 is 57.0. The zero-order valence-corrected chi connectivity index (χ0v) is 66.7. The summed E-state index contributed by atoms with van der Waals surface area (Å²) >= 11 is 5.98. The van der Waals surface area contributed by atoms with Crippen molar-refractivity contribution in [2.24, 2.45) is 23.1 Å². The topological polar surface area (TPSA) is 654 Å². The lowest BCUT2D eigenvalue weighted by Crippen LogP contribution is -2.46. The van der Waals surface area contributed by atoms with Crippen LogP contribution in [0.1, 0.15) is 78.6 Å². The summed E-state index contributed by atoms with van der Waals surface area (Å²) in [6.45, 7) is 8.83. The lowest BCUT2D eigenvalue weighted by atomic mass is 10.1. The SMILES string of the molecule is CC1(SCC(NC(=O)CCC(N)C(=O)O)C(=O)COC=O)CC(=O)N(CCOCCOCCOC=O)C1=O.CC1=CC(=O)N(CCOCCOCCOC=O)C1=O.CC1C(=O)N(CCOCCOCCOC=O)C(=O)C1SCC(NC(=O)CCC(N)C(=O)O)C(=O)CCOC=O.NC(CCC(=O)NC(CS)C(=O)CCOC=O)C(=O)O. The number of carboxylic acid groups (broad SMARTS) is 3. The number of hydrogen-bond donors (Lipinski definition) is 10. The Kier molecular flexibility index (Phi) is 58.5. The maximum Gasteiger partial charge on any atom is 0.320 e. The molecule has 0 bridgehead atoms. The van der Waals surface area contributed by atoms with E-state index in [1.807, 2.05) is 0 Å². The Labute approximate surface area is 679 Å². The van der Waals surface area contributed by atoms with Gasteiger partial charge in [-0.05, 0) is 33.1 Å². The largest absolute Gasteiger partial charge is 0.480 e. The molecule has 2 fully saturated rings. The first-order valence-electron chi connectivity index (χ1n) is 35.6. The van der Waals surface area contributed by atoms with Gasteiger partial charge in [-0.2, -0.15) is 12.6 Å². The number of ether oxygens (including phenoxy) is 12. The van der Waals surface area contributed by atoms with Crippen molar-refractivity contribution in [1.82, 2.24) is 30.7 Å². The van der Waals surface area contributed by atoms with Crippen LogP contribution in [0.2, 0.25) is 0 Å². The fourth-order valence-corrected chi connectivity index (χ4v) is 12.3. The number of thiol groups is 1. The van der Waals surface area contributed by atoms with E-state index >= 15 is 0 Å². The number of carboxylic acids is 3. The zero-order chi connectivity index (χ0) is 87.4. The molecular weight excluding hydrogens is 1610 g/mol. The van der Waals surface area contributed by atoms with Gasteiger partial charge in [0.1, 0.15) is 48.7 Å². The van der Waals surface area contributed by atoms with E-state index in [1.165, 1.54) is 6.08 Å². The fourth-order valence-electron chi connectivity index (χ4n) is 9.37. The molecule has 3 rings (SSSR count). The molecule has 9 amide bonds. The predicted molar refractivity (Wildman–Crippen MR) is 400 cm³/mol. The number of carbonyl (C=O) groups is 21. The molecule has 0 aliphatic carbocycles. The molecule has 48 heteroatoms. The Morgan fingerprint density at radius 2 is 0.845 bits per heavy atom. The summed E-state index contributed by atoms with van der Waals surface area (Å²) in [6.07, 6.45) is 0.0189. The normalized spacial score (nSPS) is 16.9. The zero-order valence-electron chi connectivity index (χ0n) is 64.1. The molecule has 0 saturated carbocycles. The molecule has 9 unspecified atom stereocenters. The van der Waals surface area contributed by atoms with Crippen molar-refractivity contribution in [2.75, 3.05) is 156 Å². The molecule has 0 aromatic heterocycles. The number of imide groups is 3. The van der Waals surface area contributed by atoms with E-state index < -0.39 is 130 Å². The van der Waals surface area contributed by atoms with E-state index in [9.17, 15) is 101 Å². The first-order chi connectivity index (χ1) is 55.3. The minimum Gasteiger partial charge on any atom is -0.480 e. The third-order valence-corrected chi connectivity index (χ3v) is 19.1. The molecule has 12 N–H and O–H groups in total. The molecule has 0 aromatic carbocycles. The standard InChI is InChI=1S/C23H35N3O12S.C22H33N3O12S.C12H17NO6.C11H18N2O6S/c1-15-20(22(32)26(21(15)31)5-7-35-8-9-36-10-11-38-14-28)39-12-17(18(29)4-6-37-13-27)25-19(30)3-2-16(24)23(33)34;1-22(10-19(30)25(21(22)33)4-5-34-6-7-35-8-9-36-13-26)38-12-16(17(28)11-37-14-27)24-18(29)3-2-15(23)20(31)32;1-10-8-11(15)13(12(10)16)2-3-17-4-5-18-6-7-19-9-14;12-7(11(17)18)1-2-10(16)13-8(5-20)9(15)3-4-19-6-14/h13-17,20H,2-12,24H2,1H3,(H,25,30)(H,33,34);13-16H,2-12,23H2,1H3,(H,24,29)(H,31,32);8-9H,2-7H2,1H3;6-8,20H,1-5,12H2,(H,13,16)(H,17,18). The van der Waals surface area contributed by atoms with Gasteiger partial charge in [-0.1, -0.05) is 6.92 Å². The number of rotatable bonds is 66. The van der Waals surface area contributed by atoms with Crippen LogP contribution in [-0.4, -0.2) is 359 Å². The predicted octanol–water partition coefficient (Wildman–Crippen LogP) is -5.80. The van der Waals surface area contributed by atoms with Crippen LogP contribution in [0.25, 0.3) is 0 Å². The van der Waals surface area contributed by atoms with E-state index in [-0.39, 0.29) is 224 Å². The highest BCUT2D eigenvalue weighted by Crippen LogP contribution is 2.37. The molecule has 654 valence electrons. The van der Waals surface area contributed by atoms with Crippen LogP contribution in [-0.2, 0) is 158 Å². The number of ketones is 3. The number of carbonyl (C=O) groups excluding carboxylic acids is 18. The molecule has 3 aliphatic heterocycles. The van der Waals surface area contributed by atoms with E-state index in [0.717, 1.165) is 38.2 Å². The number of nitrogens with zero attached hydrogens (tertiary/aromatic N) is 3. The second kappa shape index (κ2) is 63.7. The van der Waals surface area contributed by atoms with Gasteiger partial charge in [0.25, 0.3) is 50.6 Å². The Morgan fingerprint density at radius 3 is 1.22 bits per heavy atom. The van der Waals surface area contributed by atoms with Crippen molar-refractivity contribution in [1.29, 1.82) is 0 Å². The summed E-state index contributed by atoms with van der Waals surface area (Å²) in [7, 11) is 0. The summed E-state index contributed by atoms with van der Waals surface area (Å²) in [5.74, 6) is -9.94. The number of nitrogens with two attached hydrogens (primary N) is 3. The Balaban J connectivity index is 0.00000160. The number of hydrogen-bond acceptors (Lipinski definition) is 39. The summed E-state index contributed by atoms with van der Waals surface area (Å²) in [6, 6.07) is -6.65. The van der Waals surface area contributed by atoms with Gasteiger partial charge in [-0.3, -0.25) is 115 Å². The highest BCUT2D eigenvalue weighted by atomic mass is 32.2. The van der Waals surface area contributed by atoms with Crippen LogP contribution in [0, 0.1) is 5.92 Å². The van der Waals surface area contributed by atoms with Gasteiger partial charge in [-0.15, -0.1) is 23.5 Å². The smallest absolute Gasteiger partial charge is 0.320 e. The lowest BCUT2D eigenvalue weighted by Gasteiger charge is -2.25. The fraction of sp³-hybridized carbons (Fsp3) is 0.662. The van der Waals surface area contributed by atoms with Crippen LogP contribution >= 0.6 is 36.2 Å². The van der Waals surface area contributed by atoms with Gasteiger partial charge in [-0.25, -0.2) is 0 Å². The number of amides is 9. The summed E-state index contributed by atoms with van der Waals surface area (Å²) in [5.41, 5.74) is 16.5. The van der Waals surface area contributed by atoms with Crippen molar-refractivity contribution in [3.63, 3.8) is 0 Å². The van der Waals surface area contributed by atoms with Crippen LogP contribution in [0.15, 0.2) is 11.6 Å². The summed E-state index contributed by atoms with van der Waals surface area (Å²) in [4.78, 5) is 243. The Hall–Kier alpha value is -9.50. The Bertz CT molecular complexity index is 3230. The second-order valence-electron chi connectivity index (χ2n) is 24.4. The monoisotopic (exact) mass is 1720 g/mol. The maximum absolute atomic E-state index is 13.0. The molecule has 9 atom stereocenters. The Morgan fingerprint density at radius 1 is 0.491 bits per heavy atom. The molecule has 116 heavy (non-hydrogen) atoms. The first kappa shape index (κ1) is 106. The van der Waals surface area contributed by atoms with E-state index in [2.05, 4.69) is 57.0 Å².